The van der Waals surface area contributed by atoms with Crippen LogP contribution in [0.1, 0.15) is 31.7 Å². The molecule has 4 nitrogen and oxygen atoms in total. The summed E-state index contributed by atoms with van der Waals surface area (Å²) in [6, 6.07) is 1.10. The van der Waals surface area contributed by atoms with Crippen molar-refractivity contribution < 1.29 is 13.7 Å². The number of hydrogen-bond acceptors (Lipinski definition) is 3. The Balaban J connectivity index is 3.35. The highest BCUT2D eigenvalue weighted by molar-refractivity contribution is 5.44. The van der Waals surface area contributed by atoms with E-state index in [1.807, 2.05) is 6.92 Å². The van der Waals surface area contributed by atoms with Gasteiger partial charge in [0.15, 0.2) is 0 Å². The Morgan fingerprint density at radius 1 is 1.47 bits per heavy atom. The van der Waals surface area contributed by atoms with Gasteiger partial charge >= 0.3 is 5.69 Å². The average molecular weight is 244 g/mol. The van der Waals surface area contributed by atoms with Gasteiger partial charge in [0.05, 0.1) is 4.92 Å². The van der Waals surface area contributed by atoms with Crippen LogP contribution >= 0.6 is 0 Å². The molecule has 0 aliphatic rings. The van der Waals surface area contributed by atoms with Crippen LogP contribution in [-0.2, 0) is 0 Å². The van der Waals surface area contributed by atoms with Gasteiger partial charge in [-0.3, -0.25) is 10.1 Å². The van der Waals surface area contributed by atoms with Gasteiger partial charge in [-0.15, -0.1) is 0 Å². The lowest BCUT2D eigenvalue weighted by atomic mass is 9.91. The van der Waals surface area contributed by atoms with Gasteiger partial charge in [-0.1, -0.05) is 13.8 Å². The lowest BCUT2D eigenvalue weighted by molar-refractivity contribution is -0.388. The van der Waals surface area contributed by atoms with Crippen LogP contribution in [0.25, 0.3) is 0 Å². The fraction of sp³-hybridized carbons (Fsp3) is 0.455. The summed E-state index contributed by atoms with van der Waals surface area (Å²) in [5.41, 5.74) is 5.06. The van der Waals surface area contributed by atoms with Crippen molar-refractivity contribution in [1.29, 1.82) is 0 Å². The summed E-state index contributed by atoms with van der Waals surface area (Å²) in [4.78, 5) is 9.93. The van der Waals surface area contributed by atoms with Gasteiger partial charge < -0.3 is 5.73 Å². The molecular weight excluding hydrogens is 230 g/mol. The highest BCUT2D eigenvalue weighted by atomic mass is 19.1. The first-order chi connectivity index (χ1) is 7.88. The number of nitro benzene ring substituents is 1. The molecule has 17 heavy (non-hydrogen) atoms. The molecule has 1 aromatic carbocycles. The first-order valence-electron chi connectivity index (χ1n) is 5.27. The SMILES string of the molecule is CCC(N)C(C)c1cc(F)cc(F)c1[N+](=O)[O-]. The van der Waals surface area contributed by atoms with Gasteiger partial charge in [-0.25, -0.2) is 4.39 Å². The summed E-state index contributed by atoms with van der Waals surface area (Å²) in [5.74, 6) is -2.48. The van der Waals surface area contributed by atoms with Crippen LogP contribution in [0.5, 0.6) is 0 Å². The van der Waals surface area contributed by atoms with Crippen molar-refractivity contribution in [2.45, 2.75) is 32.2 Å². The third-order valence-electron chi connectivity index (χ3n) is 2.84. The Morgan fingerprint density at radius 2 is 2.06 bits per heavy atom. The zero-order valence-electron chi connectivity index (χ0n) is 9.61. The molecule has 0 aliphatic carbocycles. The Kier molecular flexibility index (Phi) is 4.11. The van der Waals surface area contributed by atoms with E-state index in [1.165, 1.54) is 0 Å². The maximum Gasteiger partial charge on any atom is 0.308 e. The van der Waals surface area contributed by atoms with Gasteiger partial charge in [0, 0.05) is 23.6 Å². The van der Waals surface area contributed by atoms with Crippen molar-refractivity contribution in [2.75, 3.05) is 0 Å². The van der Waals surface area contributed by atoms with Crippen LogP contribution < -0.4 is 5.73 Å². The molecule has 0 radical (unpaired) electrons. The van der Waals surface area contributed by atoms with Gasteiger partial charge in [0.2, 0.25) is 5.82 Å². The number of nitrogens with zero attached hydrogens (tertiary/aromatic N) is 1. The van der Waals surface area contributed by atoms with E-state index in [0.29, 0.717) is 12.5 Å². The van der Waals surface area contributed by atoms with Crippen molar-refractivity contribution >= 4 is 5.69 Å². The molecule has 2 unspecified atom stereocenters. The van der Waals surface area contributed by atoms with Crippen LogP contribution in [0, 0.1) is 21.7 Å². The zero-order valence-corrected chi connectivity index (χ0v) is 9.61. The molecule has 0 spiro atoms. The number of nitrogens with two attached hydrogens (primary N) is 1. The molecule has 0 aromatic heterocycles. The summed E-state index contributed by atoms with van der Waals surface area (Å²) in [6.45, 7) is 3.43. The van der Waals surface area contributed by atoms with Crippen LogP contribution in [-0.4, -0.2) is 11.0 Å². The third-order valence-corrected chi connectivity index (χ3v) is 2.84. The molecule has 0 bridgehead atoms. The number of benzene rings is 1. The molecule has 0 saturated heterocycles. The molecule has 2 atom stereocenters. The molecule has 1 aromatic rings. The van der Waals surface area contributed by atoms with E-state index in [0.717, 1.165) is 6.07 Å². The molecule has 94 valence electrons. The summed E-state index contributed by atoms with van der Waals surface area (Å²) in [7, 11) is 0. The van der Waals surface area contributed by atoms with Crippen molar-refractivity contribution in [3.8, 4) is 0 Å². The quantitative estimate of drug-likeness (QED) is 0.654. The second kappa shape index (κ2) is 5.18. The highest BCUT2D eigenvalue weighted by Crippen LogP contribution is 2.32. The molecular formula is C11H14F2N2O2. The summed E-state index contributed by atoms with van der Waals surface area (Å²) in [5, 5.41) is 10.8. The average Bonchev–Trinajstić information content (AvgIpc) is 2.25. The lowest BCUT2D eigenvalue weighted by Crippen LogP contribution is -2.26. The second-order valence-electron chi connectivity index (χ2n) is 3.94. The standard InChI is InChI=1S/C11H14F2N2O2/c1-3-10(14)6(2)8-4-7(12)5-9(13)11(8)15(16)17/h4-6,10H,3,14H2,1-2H3. The minimum Gasteiger partial charge on any atom is -0.327 e. The van der Waals surface area contributed by atoms with Crippen molar-refractivity contribution in [3.63, 3.8) is 0 Å². The van der Waals surface area contributed by atoms with E-state index in [4.69, 9.17) is 5.73 Å². The smallest absolute Gasteiger partial charge is 0.308 e. The molecule has 0 saturated carbocycles. The first-order valence-corrected chi connectivity index (χ1v) is 5.27. The van der Waals surface area contributed by atoms with E-state index in [9.17, 15) is 18.9 Å². The lowest BCUT2D eigenvalue weighted by Gasteiger charge is -2.18. The summed E-state index contributed by atoms with van der Waals surface area (Å²) in [6.07, 6.45) is 0.566. The van der Waals surface area contributed by atoms with Gasteiger partial charge in [-0.2, -0.15) is 4.39 Å². The Morgan fingerprint density at radius 3 is 2.53 bits per heavy atom. The van der Waals surface area contributed by atoms with E-state index >= 15 is 0 Å². The van der Waals surface area contributed by atoms with Gasteiger partial charge in [0.1, 0.15) is 5.82 Å². The topological polar surface area (TPSA) is 69.2 Å². The van der Waals surface area contributed by atoms with Crippen LogP contribution in [0.4, 0.5) is 14.5 Å². The maximum atomic E-state index is 13.4. The number of hydrogen-bond donors (Lipinski definition) is 1. The maximum absolute atomic E-state index is 13.4. The third kappa shape index (κ3) is 2.76. The molecule has 0 amide bonds. The predicted octanol–water partition coefficient (Wildman–Crippen LogP) is 2.71. The molecule has 0 fully saturated rings. The minimum absolute atomic E-state index is 0.00171. The molecule has 2 N–H and O–H groups in total. The summed E-state index contributed by atoms with van der Waals surface area (Å²) >= 11 is 0. The Bertz CT molecular complexity index is 438. The molecule has 6 heteroatoms. The van der Waals surface area contributed by atoms with Crippen LogP contribution in [0.3, 0.4) is 0 Å². The van der Waals surface area contributed by atoms with Gasteiger partial charge in [0.25, 0.3) is 0 Å². The predicted molar refractivity (Wildman–Crippen MR) is 59.7 cm³/mol. The number of halogens is 2. The first kappa shape index (κ1) is 13.5. The monoisotopic (exact) mass is 244 g/mol. The van der Waals surface area contributed by atoms with Gasteiger partial charge in [-0.05, 0) is 12.5 Å². The molecule has 0 aliphatic heterocycles. The fourth-order valence-electron chi connectivity index (χ4n) is 1.71. The second-order valence-corrected chi connectivity index (χ2v) is 3.94. The summed E-state index contributed by atoms with van der Waals surface area (Å²) < 4.78 is 26.5. The van der Waals surface area contributed by atoms with E-state index < -0.39 is 28.2 Å². The zero-order chi connectivity index (χ0) is 13.2. The van der Waals surface area contributed by atoms with E-state index in [1.54, 1.807) is 6.92 Å². The van der Waals surface area contributed by atoms with E-state index in [-0.39, 0.29) is 11.6 Å². The molecule has 0 heterocycles. The largest absolute Gasteiger partial charge is 0.327 e. The van der Waals surface area contributed by atoms with Crippen LogP contribution in [0.15, 0.2) is 12.1 Å². The Labute approximate surface area is 97.6 Å². The number of rotatable bonds is 4. The van der Waals surface area contributed by atoms with Crippen molar-refractivity contribution in [1.82, 2.24) is 0 Å². The van der Waals surface area contributed by atoms with E-state index in [2.05, 4.69) is 0 Å². The highest BCUT2D eigenvalue weighted by Gasteiger charge is 2.27. The number of nitro groups is 1. The van der Waals surface area contributed by atoms with Crippen molar-refractivity contribution in [2.24, 2.45) is 5.73 Å². The van der Waals surface area contributed by atoms with Crippen molar-refractivity contribution in [3.05, 3.63) is 39.4 Å². The minimum atomic E-state index is -1.17. The van der Waals surface area contributed by atoms with Crippen LogP contribution in [0.2, 0.25) is 0 Å². The molecule has 1 rings (SSSR count). The Hall–Kier alpha value is -1.56. The fourth-order valence-corrected chi connectivity index (χ4v) is 1.71. The normalized spacial score (nSPS) is 14.4.